The van der Waals surface area contributed by atoms with Gasteiger partial charge in [-0.15, -0.1) is 0 Å². The first-order valence-corrected chi connectivity index (χ1v) is 16.4. The highest BCUT2D eigenvalue weighted by atomic mass is 32.2. The number of pyridine rings is 1. The first-order chi connectivity index (χ1) is 22.8. The normalized spacial score (nSPS) is 14.3. The van der Waals surface area contributed by atoms with Gasteiger partial charge in [0.15, 0.2) is 11.6 Å². The van der Waals surface area contributed by atoms with Crippen molar-refractivity contribution in [3.8, 4) is 17.4 Å². The van der Waals surface area contributed by atoms with Crippen LogP contribution in [0.1, 0.15) is 16.1 Å². The highest BCUT2D eigenvalue weighted by Gasteiger charge is 2.28. The minimum Gasteiger partial charge on any atom is -0.484 e. The summed E-state index contributed by atoms with van der Waals surface area (Å²) in [5.41, 5.74) is 2.53. The van der Waals surface area contributed by atoms with E-state index in [1.165, 1.54) is 42.3 Å². The van der Waals surface area contributed by atoms with Gasteiger partial charge < -0.3 is 18.9 Å². The standard InChI is InChI=1S/C32H32F3N7O5S/c1-39-27-18-26(47-29-10-6-24(19-36-29)38-48(44,45)30-11-12-37-40(30)2)9-5-23(27)17-28(39)31(43)42-15-13-41(14-16-42)20-22-3-7-25(8-4-22)46-21-32(33,34)35/h3-12,17-19,38H,13-16,20-21H2,1-2H3. The number of piperazine rings is 1. The summed E-state index contributed by atoms with van der Waals surface area (Å²) < 4.78 is 78.6. The van der Waals surface area contributed by atoms with E-state index in [4.69, 9.17) is 9.47 Å². The Morgan fingerprint density at radius 1 is 0.938 bits per heavy atom. The molecule has 4 heterocycles. The molecule has 1 N–H and O–H groups in total. The third kappa shape index (κ3) is 7.55. The average Bonchev–Trinajstić information content (AvgIpc) is 3.64. The van der Waals surface area contributed by atoms with Gasteiger partial charge in [-0.05, 0) is 48.0 Å². The number of ether oxygens (including phenoxy) is 2. The van der Waals surface area contributed by atoms with Crippen molar-refractivity contribution in [2.45, 2.75) is 17.7 Å². The molecule has 1 saturated heterocycles. The Morgan fingerprint density at radius 2 is 1.67 bits per heavy atom. The molecule has 16 heteroatoms. The van der Waals surface area contributed by atoms with Crippen molar-refractivity contribution in [1.29, 1.82) is 0 Å². The number of anilines is 1. The molecule has 0 aliphatic carbocycles. The lowest BCUT2D eigenvalue weighted by molar-refractivity contribution is -0.153. The number of carbonyl (C=O) groups excluding carboxylic acids is 1. The van der Waals surface area contributed by atoms with E-state index in [1.807, 2.05) is 34.7 Å². The maximum Gasteiger partial charge on any atom is 0.422 e. The summed E-state index contributed by atoms with van der Waals surface area (Å²) >= 11 is 0. The van der Waals surface area contributed by atoms with Crippen LogP contribution in [0, 0.1) is 0 Å². The molecule has 252 valence electrons. The second kappa shape index (κ2) is 13.2. The monoisotopic (exact) mass is 683 g/mol. The fraction of sp³-hybridized carbons (Fsp3) is 0.281. The summed E-state index contributed by atoms with van der Waals surface area (Å²) in [6, 6.07) is 18.3. The van der Waals surface area contributed by atoms with E-state index in [0.29, 0.717) is 44.2 Å². The number of amides is 1. The number of alkyl halides is 3. The van der Waals surface area contributed by atoms with Crippen LogP contribution in [-0.2, 0) is 30.7 Å². The fourth-order valence-electron chi connectivity index (χ4n) is 5.42. The molecule has 0 atom stereocenters. The minimum absolute atomic E-state index is 0.0157. The van der Waals surface area contributed by atoms with E-state index in [1.54, 1.807) is 30.3 Å². The van der Waals surface area contributed by atoms with E-state index in [0.717, 1.165) is 16.5 Å². The van der Waals surface area contributed by atoms with E-state index in [2.05, 4.69) is 19.7 Å². The number of nitrogens with zero attached hydrogens (tertiary/aromatic N) is 6. The number of benzene rings is 2. The molecule has 1 aliphatic heterocycles. The number of hydrogen-bond acceptors (Lipinski definition) is 8. The summed E-state index contributed by atoms with van der Waals surface area (Å²) in [6.45, 7) is 1.64. The third-order valence-electron chi connectivity index (χ3n) is 7.89. The van der Waals surface area contributed by atoms with Crippen molar-refractivity contribution in [3.63, 3.8) is 0 Å². The molecule has 0 spiro atoms. The summed E-state index contributed by atoms with van der Waals surface area (Å²) in [5, 5.41) is 4.77. The van der Waals surface area contributed by atoms with Gasteiger partial charge in [-0.1, -0.05) is 12.1 Å². The predicted octanol–water partition coefficient (Wildman–Crippen LogP) is 4.80. The number of carbonyl (C=O) groups is 1. The number of halogens is 3. The number of fused-ring (bicyclic) bond motifs is 1. The number of sulfonamides is 1. The lowest BCUT2D eigenvalue weighted by atomic mass is 10.2. The Morgan fingerprint density at radius 3 is 2.31 bits per heavy atom. The van der Waals surface area contributed by atoms with Crippen molar-refractivity contribution in [2.75, 3.05) is 37.5 Å². The number of nitrogens with one attached hydrogen (secondary N) is 1. The van der Waals surface area contributed by atoms with E-state index in [-0.39, 0.29) is 28.3 Å². The van der Waals surface area contributed by atoms with Crippen molar-refractivity contribution in [3.05, 3.63) is 90.4 Å². The Labute approximate surface area is 274 Å². The Balaban J connectivity index is 1.04. The number of hydrogen-bond donors (Lipinski definition) is 1. The lowest BCUT2D eigenvalue weighted by Gasteiger charge is -2.34. The molecule has 1 aliphatic rings. The van der Waals surface area contributed by atoms with E-state index >= 15 is 0 Å². The van der Waals surface area contributed by atoms with Crippen LogP contribution in [-0.4, -0.2) is 82.4 Å². The molecule has 3 aromatic heterocycles. The second-order valence-corrected chi connectivity index (χ2v) is 12.9. The van der Waals surface area contributed by atoms with Crippen LogP contribution in [0.4, 0.5) is 18.9 Å². The maximum atomic E-state index is 13.5. The lowest BCUT2D eigenvalue weighted by Crippen LogP contribution is -2.48. The molecule has 1 amide bonds. The Kier molecular flexibility index (Phi) is 9.03. The van der Waals surface area contributed by atoms with Gasteiger partial charge in [-0.2, -0.15) is 26.7 Å². The summed E-state index contributed by atoms with van der Waals surface area (Å²) in [5.74, 6) is 0.822. The molecule has 6 rings (SSSR count). The fourth-order valence-corrected chi connectivity index (χ4v) is 6.59. The molecule has 0 bridgehead atoms. The third-order valence-corrected chi connectivity index (χ3v) is 9.35. The molecule has 0 radical (unpaired) electrons. The molecule has 1 fully saturated rings. The molecular formula is C32H32F3N7O5S. The van der Waals surface area contributed by atoms with Gasteiger partial charge in [0, 0.05) is 64.3 Å². The zero-order valence-electron chi connectivity index (χ0n) is 26.0. The molecule has 0 unspecified atom stereocenters. The first-order valence-electron chi connectivity index (χ1n) is 14.9. The molecule has 5 aromatic rings. The predicted molar refractivity (Wildman–Crippen MR) is 170 cm³/mol. The van der Waals surface area contributed by atoms with Crippen LogP contribution in [0.15, 0.2) is 84.1 Å². The molecule has 48 heavy (non-hydrogen) atoms. The molecule has 0 saturated carbocycles. The van der Waals surface area contributed by atoms with Gasteiger partial charge in [0.1, 0.15) is 17.2 Å². The average molecular weight is 684 g/mol. The molecular weight excluding hydrogens is 651 g/mol. The first kappa shape index (κ1) is 32.8. The largest absolute Gasteiger partial charge is 0.484 e. The number of rotatable bonds is 10. The van der Waals surface area contributed by atoms with Gasteiger partial charge >= 0.3 is 6.18 Å². The zero-order valence-corrected chi connectivity index (χ0v) is 26.8. The molecule has 12 nitrogen and oxygen atoms in total. The van der Waals surface area contributed by atoms with Crippen LogP contribution < -0.4 is 14.2 Å². The topological polar surface area (TPSA) is 124 Å². The van der Waals surface area contributed by atoms with Crippen LogP contribution >= 0.6 is 0 Å². The van der Waals surface area contributed by atoms with Crippen LogP contribution in [0.3, 0.4) is 0 Å². The van der Waals surface area contributed by atoms with Crippen molar-refractivity contribution < 1.29 is 35.9 Å². The smallest absolute Gasteiger partial charge is 0.422 e. The van der Waals surface area contributed by atoms with Crippen LogP contribution in [0.25, 0.3) is 10.9 Å². The maximum absolute atomic E-state index is 13.5. The van der Waals surface area contributed by atoms with Gasteiger partial charge in [0.25, 0.3) is 15.9 Å². The van der Waals surface area contributed by atoms with Gasteiger partial charge in [-0.3, -0.25) is 19.1 Å². The SMILES string of the molecule is Cn1nccc1S(=O)(=O)Nc1ccc(Oc2ccc3cc(C(=O)N4CCN(Cc5ccc(OCC(F)(F)F)cc5)CC4)n(C)c3c2)nc1. The van der Waals surface area contributed by atoms with Gasteiger partial charge in [0.2, 0.25) is 5.88 Å². The highest BCUT2D eigenvalue weighted by Crippen LogP contribution is 2.28. The number of aromatic nitrogens is 4. The van der Waals surface area contributed by atoms with E-state index < -0.39 is 22.8 Å². The molecule has 2 aromatic carbocycles. The zero-order chi connectivity index (χ0) is 34.1. The quantitative estimate of drug-likeness (QED) is 0.223. The van der Waals surface area contributed by atoms with Crippen LogP contribution in [0.5, 0.6) is 17.4 Å². The highest BCUT2D eigenvalue weighted by molar-refractivity contribution is 7.92. The Bertz CT molecular complexity index is 2020. The van der Waals surface area contributed by atoms with Crippen LogP contribution in [0.2, 0.25) is 0 Å². The van der Waals surface area contributed by atoms with Gasteiger partial charge in [0.05, 0.1) is 23.6 Å². The summed E-state index contributed by atoms with van der Waals surface area (Å²) in [7, 11) is -0.481. The van der Waals surface area contributed by atoms with Gasteiger partial charge in [-0.25, -0.2) is 4.98 Å². The van der Waals surface area contributed by atoms with E-state index in [9.17, 15) is 26.4 Å². The minimum atomic E-state index is -4.39. The number of aryl methyl sites for hydroxylation is 2. The second-order valence-electron chi connectivity index (χ2n) is 11.3. The summed E-state index contributed by atoms with van der Waals surface area (Å²) in [6.07, 6.45) is -1.64. The summed E-state index contributed by atoms with van der Waals surface area (Å²) in [4.78, 5) is 21.7. The van der Waals surface area contributed by atoms with Crippen molar-refractivity contribution >= 4 is 32.5 Å². The van der Waals surface area contributed by atoms with Crippen molar-refractivity contribution in [2.24, 2.45) is 14.1 Å². The Hall–Kier alpha value is -5.09. The van der Waals surface area contributed by atoms with Crippen molar-refractivity contribution in [1.82, 2.24) is 29.1 Å².